The highest BCUT2D eigenvalue weighted by Gasteiger charge is 2.24. The Morgan fingerprint density at radius 2 is 1.04 bits per heavy atom. The van der Waals surface area contributed by atoms with E-state index >= 15 is 0 Å². The summed E-state index contributed by atoms with van der Waals surface area (Å²) in [5.74, 6) is 0. The first kappa shape index (κ1) is 22.5. The Morgan fingerprint density at radius 1 is 0.630 bits per heavy atom. The van der Waals surface area contributed by atoms with Gasteiger partial charge >= 0.3 is 0 Å². The lowest BCUT2D eigenvalue weighted by atomic mass is 10.0. The average Bonchev–Trinajstić information content (AvgIpc) is 3.53. The minimum atomic E-state index is 0.398. The number of hydrogen-bond acceptors (Lipinski definition) is 1. The van der Waals surface area contributed by atoms with Crippen LogP contribution in [0.15, 0.2) is 24.3 Å². The molecule has 1 aliphatic rings. The normalized spacial score (nSPS) is 16.0. The molecule has 0 amide bonds. The van der Waals surface area contributed by atoms with Gasteiger partial charge in [-0.25, -0.2) is 0 Å². The molecule has 1 heteroatoms. The lowest BCUT2D eigenvalue weighted by Gasteiger charge is -2.04. The van der Waals surface area contributed by atoms with Gasteiger partial charge in [0.05, 0.1) is 6.61 Å². The second kappa shape index (κ2) is 15.1. The lowest BCUT2D eigenvalue weighted by Crippen LogP contribution is -1.88. The van der Waals surface area contributed by atoms with Crippen molar-refractivity contribution < 1.29 is 4.74 Å². The highest BCUT2D eigenvalue weighted by atomic mass is 16.6. The van der Waals surface area contributed by atoms with E-state index in [1.54, 1.807) is 0 Å². The van der Waals surface area contributed by atoms with E-state index in [1.807, 2.05) is 0 Å². The van der Waals surface area contributed by atoms with Crippen LogP contribution in [-0.4, -0.2) is 6.61 Å². The third-order valence-electron chi connectivity index (χ3n) is 6.00. The number of ether oxygens (including phenoxy) is 1. The van der Waals surface area contributed by atoms with E-state index in [0.717, 1.165) is 6.61 Å². The van der Waals surface area contributed by atoms with Crippen LogP contribution in [0.5, 0.6) is 0 Å². The zero-order chi connectivity index (χ0) is 19.0. The number of rotatable bonds is 18. The fourth-order valence-corrected chi connectivity index (χ4v) is 4.02. The first-order valence-corrected chi connectivity index (χ1v) is 12.1. The Hall–Kier alpha value is -0.820. The van der Waals surface area contributed by atoms with Crippen LogP contribution in [-0.2, 0) is 11.2 Å². The molecule has 1 aromatic carbocycles. The summed E-state index contributed by atoms with van der Waals surface area (Å²) in [5.41, 5.74) is 2.84. The zero-order valence-corrected chi connectivity index (χ0v) is 18.0. The summed E-state index contributed by atoms with van der Waals surface area (Å²) in [6.07, 6.45) is 24.7. The van der Waals surface area contributed by atoms with E-state index in [9.17, 15) is 0 Å². The maximum absolute atomic E-state index is 5.33. The topological polar surface area (TPSA) is 12.5 Å². The predicted octanol–water partition coefficient (Wildman–Crippen LogP) is 8.56. The molecule has 1 nitrogen and oxygen atoms in total. The molecule has 2 rings (SSSR count). The monoisotopic (exact) mass is 372 g/mol. The van der Waals surface area contributed by atoms with Gasteiger partial charge in [0.15, 0.2) is 0 Å². The van der Waals surface area contributed by atoms with Crippen molar-refractivity contribution in [2.75, 3.05) is 6.61 Å². The van der Waals surface area contributed by atoms with Crippen LogP contribution in [0.2, 0.25) is 0 Å². The molecule has 0 spiro atoms. The van der Waals surface area contributed by atoms with Gasteiger partial charge in [0.2, 0.25) is 0 Å². The number of unbranched alkanes of at least 4 members (excludes halogenated alkanes) is 15. The summed E-state index contributed by atoms with van der Waals surface area (Å²) in [7, 11) is 0. The van der Waals surface area contributed by atoms with Gasteiger partial charge in [-0.15, -0.1) is 0 Å². The minimum absolute atomic E-state index is 0.398. The molecule has 1 atom stereocenters. The Kier molecular flexibility index (Phi) is 12.6. The van der Waals surface area contributed by atoms with Crippen molar-refractivity contribution >= 4 is 0 Å². The number of benzene rings is 1. The van der Waals surface area contributed by atoms with Crippen molar-refractivity contribution in [3.63, 3.8) is 0 Å². The standard InChI is InChI=1S/C26H44O/c1-2-3-4-5-6-7-8-9-10-11-12-13-14-15-16-17-18-24-19-21-25(22-20-24)26-23-27-26/h19-22,26H,2-18,23H2,1H3. The zero-order valence-electron chi connectivity index (χ0n) is 18.0. The number of epoxide rings is 1. The molecule has 154 valence electrons. The Morgan fingerprint density at radius 3 is 1.44 bits per heavy atom. The van der Waals surface area contributed by atoms with E-state index in [0.29, 0.717) is 6.10 Å². The molecule has 27 heavy (non-hydrogen) atoms. The van der Waals surface area contributed by atoms with Crippen LogP contribution >= 0.6 is 0 Å². The molecule has 1 fully saturated rings. The van der Waals surface area contributed by atoms with Crippen molar-refractivity contribution in [1.29, 1.82) is 0 Å². The van der Waals surface area contributed by atoms with Crippen molar-refractivity contribution in [3.05, 3.63) is 35.4 Å². The molecule has 0 saturated carbocycles. The van der Waals surface area contributed by atoms with Crippen molar-refractivity contribution in [3.8, 4) is 0 Å². The average molecular weight is 373 g/mol. The SMILES string of the molecule is CCCCCCCCCCCCCCCCCCc1ccc(C2CO2)cc1. The Labute approximate surface area is 169 Å². The minimum Gasteiger partial charge on any atom is -0.368 e. The van der Waals surface area contributed by atoms with E-state index in [2.05, 4.69) is 31.2 Å². The Balaban J connectivity index is 1.28. The Bertz CT molecular complexity index is 446. The van der Waals surface area contributed by atoms with Crippen LogP contribution in [0.1, 0.15) is 127 Å². The second-order valence-electron chi connectivity index (χ2n) is 8.62. The molecule has 0 aliphatic carbocycles. The van der Waals surface area contributed by atoms with Gasteiger partial charge in [0, 0.05) is 0 Å². The van der Waals surface area contributed by atoms with Gasteiger partial charge in [-0.3, -0.25) is 0 Å². The summed E-state index contributed by atoms with van der Waals surface area (Å²) >= 11 is 0. The van der Waals surface area contributed by atoms with E-state index in [4.69, 9.17) is 4.74 Å². The molecule has 1 heterocycles. The van der Waals surface area contributed by atoms with Crippen LogP contribution < -0.4 is 0 Å². The van der Waals surface area contributed by atoms with E-state index < -0.39 is 0 Å². The van der Waals surface area contributed by atoms with Gasteiger partial charge in [-0.05, 0) is 24.0 Å². The largest absolute Gasteiger partial charge is 0.368 e. The summed E-state index contributed by atoms with van der Waals surface area (Å²) in [6, 6.07) is 9.09. The van der Waals surface area contributed by atoms with Gasteiger partial charge in [-0.1, -0.05) is 128 Å². The van der Waals surface area contributed by atoms with Crippen LogP contribution in [0, 0.1) is 0 Å². The van der Waals surface area contributed by atoms with Crippen LogP contribution in [0.4, 0.5) is 0 Å². The molecule has 1 unspecified atom stereocenters. The fourth-order valence-electron chi connectivity index (χ4n) is 4.02. The van der Waals surface area contributed by atoms with Crippen molar-refractivity contribution in [2.45, 2.75) is 122 Å². The molecule has 1 aliphatic heterocycles. The smallest absolute Gasteiger partial charge is 0.106 e. The lowest BCUT2D eigenvalue weighted by molar-refractivity contribution is 0.415. The van der Waals surface area contributed by atoms with Gasteiger partial charge < -0.3 is 4.74 Å². The maximum Gasteiger partial charge on any atom is 0.106 e. The fraction of sp³-hybridized carbons (Fsp3) is 0.769. The maximum atomic E-state index is 5.33. The predicted molar refractivity (Wildman–Crippen MR) is 118 cm³/mol. The van der Waals surface area contributed by atoms with Crippen LogP contribution in [0.3, 0.4) is 0 Å². The van der Waals surface area contributed by atoms with E-state index in [1.165, 1.54) is 120 Å². The molecular formula is C26H44O. The van der Waals surface area contributed by atoms with Crippen molar-refractivity contribution in [1.82, 2.24) is 0 Å². The highest BCUT2D eigenvalue weighted by Crippen LogP contribution is 2.29. The summed E-state index contributed by atoms with van der Waals surface area (Å²) in [5, 5.41) is 0. The van der Waals surface area contributed by atoms with Crippen molar-refractivity contribution in [2.24, 2.45) is 0 Å². The van der Waals surface area contributed by atoms with Crippen LogP contribution in [0.25, 0.3) is 0 Å². The molecule has 1 aromatic rings. The molecular weight excluding hydrogens is 328 g/mol. The number of aryl methyl sites for hydroxylation is 1. The third-order valence-corrected chi connectivity index (χ3v) is 6.00. The second-order valence-corrected chi connectivity index (χ2v) is 8.62. The van der Waals surface area contributed by atoms with E-state index in [-0.39, 0.29) is 0 Å². The molecule has 0 bridgehead atoms. The molecule has 0 radical (unpaired) electrons. The molecule has 1 saturated heterocycles. The summed E-state index contributed by atoms with van der Waals surface area (Å²) in [4.78, 5) is 0. The summed E-state index contributed by atoms with van der Waals surface area (Å²) in [6.45, 7) is 3.21. The molecule has 0 N–H and O–H groups in total. The van der Waals surface area contributed by atoms with Gasteiger partial charge in [0.1, 0.15) is 6.10 Å². The number of hydrogen-bond donors (Lipinski definition) is 0. The summed E-state index contributed by atoms with van der Waals surface area (Å²) < 4.78 is 5.33. The third kappa shape index (κ3) is 11.6. The van der Waals surface area contributed by atoms with Gasteiger partial charge in [0.25, 0.3) is 0 Å². The quantitative estimate of drug-likeness (QED) is 0.186. The highest BCUT2D eigenvalue weighted by molar-refractivity contribution is 5.26. The first-order valence-electron chi connectivity index (χ1n) is 12.1. The van der Waals surface area contributed by atoms with Gasteiger partial charge in [-0.2, -0.15) is 0 Å². The first-order chi connectivity index (χ1) is 13.4. The molecule has 0 aromatic heterocycles.